The Morgan fingerprint density at radius 2 is 1.80 bits per heavy atom. The van der Waals surface area contributed by atoms with Gasteiger partial charge in [-0.1, -0.05) is 73.5 Å². The second-order valence-corrected chi connectivity index (χ2v) is 9.87. The molecule has 0 bridgehead atoms. The molecule has 0 saturated carbocycles. The molecule has 18 heteroatoms. The first kappa shape index (κ1) is 32.7. The Morgan fingerprint density at radius 3 is 2.47 bits per heavy atom. The molecular weight excluding hydrogens is 616 g/mol. The minimum absolute atomic E-state index is 0.00550. The normalized spacial score (nSPS) is 11.6. The number of halogens is 1. The standard InChI is InChI=1S/C27H29ClN8O9/c1-2-3-8-23-29-25(28)24(27(37)43-14-13-42-16-20(45-36(40)41)17-44-35(38)39)34(23)15-18-9-11-19(12-10-18)21-6-4-5-7-22(21)26-30-32-33-31-26/h4-7,9-12,20H,2-3,8,13-17H2,1H3,(H,30,31,32,33)/t20-/m1/s1. The molecule has 1 N–H and O–H groups in total. The summed E-state index contributed by atoms with van der Waals surface area (Å²) in [6, 6.07) is 15.5. The van der Waals surface area contributed by atoms with Gasteiger partial charge in [0, 0.05) is 18.5 Å². The van der Waals surface area contributed by atoms with Gasteiger partial charge in [0.2, 0.25) is 5.82 Å². The maximum Gasteiger partial charge on any atom is 0.358 e. The molecule has 2 aromatic carbocycles. The minimum Gasteiger partial charge on any atom is -0.458 e. The molecule has 0 amide bonds. The summed E-state index contributed by atoms with van der Waals surface area (Å²) in [6.07, 6.45) is 0.975. The zero-order chi connectivity index (χ0) is 32.2. The highest BCUT2D eigenvalue weighted by molar-refractivity contribution is 6.32. The van der Waals surface area contributed by atoms with Crippen LogP contribution in [0.5, 0.6) is 0 Å². The molecule has 2 aromatic heterocycles. The van der Waals surface area contributed by atoms with Crippen LogP contribution in [0.2, 0.25) is 5.15 Å². The fourth-order valence-electron chi connectivity index (χ4n) is 4.39. The number of H-pyrrole nitrogens is 1. The Balaban J connectivity index is 1.44. The summed E-state index contributed by atoms with van der Waals surface area (Å²) in [5.41, 5.74) is 3.64. The van der Waals surface area contributed by atoms with Crippen molar-refractivity contribution in [2.75, 3.05) is 26.4 Å². The number of esters is 1. The highest BCUT2D eigenvalue weighted by Gasteiger charge is 2.24. The fourth-order valence-corrected chi connectivity index (χ4v) is 4.66. The van der Waals surface area contributed by atoms with E-state index in [0.29, 0.717) is 24.6 Å². The number of nitrogens with zero attached hydrogens (tertiary/aromatic N) is 7. The molecule has 1 atom stereocenters. The number of carbonyl (C=O) groups excluding carboxylic acids is 1. The van der Waals surface area contributed by atoms with Crippen molar-refractivity contribution in [1.29, 1.82) is 0 Å². The summed E-state index contributed by atoms with van der Waals surface area (Å²) >= 11 is 6.42. The molecular formula is C27H29ClN8O9. The molecule has 0 spiro atoms. The lowest BCUT2D eigenvalue weighted by molar-refractivity contribution is -0.790. The van der Waals surface area contributed by atoms with E-state index in [2.05, 4.69) is 35.3 Å². The number of ether oxygens (including phenoxy) is 2. The number of rotatable bonds is 18. The Kier molecular flexibility index (Phi) is 11.7. The molecule has 238 valence electrons. The zero-order valence-corrected chi connectivity index (χ0v) is 24.8. The third-order valence-corrected chi connectivity index (χ3v) is 6.70. The summed E-state index contributed by atoms with van der Waals surface area (Å²) < 4.78 is 12.3. The van der Waals surface area contributed by atoms with Crippen molar-refractivity contribution in [3.05, 3.63) is 91.0 Å². The third kappa shape index (κ3) is 9.16. The fraction of sp³-hybridized carbons (Fsp3) is 0.370. The summed E-state index contributed by atoms with van der Waals surface area (Å²) in [5, 5.41) is 33.0. The van der Waals surface area contributed by atoms with Crippen LogP contribution in [0.4, 0.5) is 0 Å². The number of nitrogens with one attached hydrogen (secondary N) is 1. The van der Waals surface area contributed by atoms with Crippen LogP contribution >= 0.6 is 11.6 Å². The van der Waals surface area contributed by atoms with E-state index in [1.165, 1.54) is 0 Å². The van der Waals surface area contributed by atoms with Crippen LogP contribution in [0.1, 0.15) is 41.6 Å². The van der Waals surface area contributed by atoms with Gasteiger partial charge in [-0.3, -0.25) is 0 Å². The van der Waals surface area contributed by atoms with Gasteiger partial charge in [0.05, 0.1) is 13.2 Å². The average Bonchev–Trinajstić information content (AvgIpc) is 3.66. The van der Waals surface area contributed by atoms with Gasteiger partial charge < -0.3 is 23.7 Å². The van der Waals surface area contributed by atoms with Crippen LogP contribution in [0.3, 0.4) is 0 Å². The lowest BCUT2D eigenvalue weighted by Crippen LogP contribution is -2.30. The molecule has 17 nitrogen and oxygen atoms in total. The molecule has 0 aliphatic heterocycles. The molecule has 2 heterocycles. The van der Waals surface area contributed by atoms with Crippen molar-refractivity contribution < 1.29 is 34.1 Å². The molecule has 0 radical (unpaired) electrons. The molecule has 45 heavy (non-hydrogen) atoms. The number of benzene rings is 2. The van der Waals surface area contributed by atoms with E-state index >= 15 is 0 Å². The predicted octanol–water partition coefficient (Wildman–Crippen LogP) is 3.73. The van der Waals surface area contributed by atoms with E-state index in [4.69, 9.17) is 21.1 Å². The number of aromatic amines is 1. The average molecular weight is 645 g/mol. The van der Waals surface area contributed by atoms with Gasteiger partial charge >= 0.3 is 5.97 Å². The number of unbranched alkanes of at least 4 members (excludes halogenated alkanes) is 1. The van der Waals surface area contributed by atoms with E-state index in [0.717, 1.165) is 35.1 Å². The van der Waals surface area contributed by atoms with Crippen LogP contribution in [-0.2, 0) is 32.1 Å². The van der Waals surface area contributed by atoms with Gasteiger partial charge in [-0.15, -0.1) is 30.4 Å². The lowest BCUT2D eigenvalue weighted by atomic mass is 9.98. The Morgan fingerprint density at radius 1 is 1.04 bits per heavy atom. The highest BCUT2D eigenvalue weighted by Crippen LogP contribution is 2.30. The summed E-state index contributed by atoms with van der Waals surface area (Å²) in [4.78, 5) is 46.9. The summed E-state index contributed by atoms with van der Waals surface area (Å²) in [7, 11) is 0. The molecule has 0 unspecified atom stereocenters. The van der Waals surface area contributed by atoms with Gasteiger partial charge in [-0.05, 0) is 28.3 Å². The second-order valence-electron chi connectivity index (χ2n) is 9.52. The SMILES string of the molecule is CCCCc1nc(Cl)c(C(=O)OCCOC[C@H](CO[N+](=O)[O-])O[N+](=O)[O-])n1Cc1ccc(-c2ccccc2-c2nn[nH]n2)cc1. The molecule has 4 aromatic rings. The van der Waals surface area contributed by atoms with E-state index < -0.39 is 35.5 Å². The number of tetrazole rings is 1. The van der Waals surface area contributed by atoms with Crippen molar-refractivity contribution in [1.82, 2.24) is 30.2 Å². The Bertz CT molecular complexity index is 1580. The monoisotopic (exact) mass is 644 g/mol. The zero-order valence-electron chi connectivity index (χ0n) is 24.0. The van der Waals surface area contributed by atoms with Gasteiger partial charge in [0.25, 0.3) is 10.2 Å². The van der Waals surface area contributed by atoms with Crippen molar-refractivity contribution in [3.63, 3.8) is 0 Å². The van der Waals surface area contributed by atoms with Crippen LogP contribution in [0, 0.1) is 20.2 Å². The largest absolute Gasteiger partial charge is 0.458 e. The third-order valence-electron chi connectivity index (χ3n) is 6.44. The summed E-state index contributed by atoms with van der Waals surface area (Å²) in [6.45, 7) is 0.795. The first-order valence-corrected chi connectivity index (χ1v) is 14.1. The minimum atomic E-state index is -1.35. The van der Waals surface area contributed by atoms with E-state index in [1.807, 2.05) is 55.5 Å². The number of aromatic nitrogens is 6. The number of hydrogen-bond acceptors (Lipinski definition) is 13. The predicted molar refractivity (Wildman–Crippen MR) is 156 cm³/mol. The van der Waals surface area contributed by atoms with Gasteiger partial charge in [0.15, 0.2) is 17.0 Å². The Labute approximate surface area is 260 Å². The maximum absolute atomic E-state index is 13.1. The topological polar surface area (TPSA) is 213 Å². The number of carbonyl (C=O) groups is 1. The molecule has 0 fully saturated rings. The van der Waals surface area contributed by atoms with Crippen molar-refractivity contribution >= 4 is 17.6 Å². The number of hydrogen-bond donors (Lipinski definition) is 1. The first-order valence-electron chi connectivity index (χ1n) is 13.8. The number of aryl methyl sites for hydroxylation is 1. The quantitative estimate of drug-likeness (QED) is 0.0708. The van der Waals surface area contributed by atoms with Crippen molar-refractivity contribution in [2.24, 2.45) is 0 Å². The molecule has 4 rings (SSSR count). The van der Waals surface area contributed by atoms with Crippen LogP contribution in [0.25, 0.3) is 22.5 Å². The molecule has 0 aliphatic carbocycles. The summed E-state index contributed by atoms with van der Waals surface area (Å²) in [5.74, 6) is 0.367. The van der Waals surface area contributed by atoms with Gasteiger partial charge in [-0.2, -0.15) is 5.21 Å². The van der Waals surface area contributed by atoms with Crippen LogP contribution < -0.4 is 0 Å². The van der Waals surface area contributed by atoms with Gasteiger partial charge in [0.1, 0.15) is 19.0 Å². The smallest absolute Gasteiger partial charge is 0.358 e. The molecule has 0 aliphatic rings. The first-order chi connectivity index (χ1) is 21.8. The molecule has 0 saturated heterocycles. The van der Waals surface area contributed by atoms with Crippen molar-refractivity contribution in [2.45, 2.75) is 38.8 Å². The van der Waals surface area contributed by atoms with Crippen LogP contribution in [0.15, 0.2) is 48.5 Å². The lowest BCUT2D eigenvalue weighted by Gasteiger charge is -2.15. The Hall–Kier alpha value is -5.16. The highest BCUT2D eigenvalue weighted by atomic mass is 35.5. The van der Waals surface area contributed by atoms with E-state index in [9.17, 15) is 25.0 Å². The second kappa shape index (κ2) is 16.1. The van der Waals surface area contributed by atoms with E-state index in [-0.39, 0.29) is 24.1 Å². The van der Waals surface area contributed by atoms with Crippen LogP contribution in [-0.4, -0.2) is 78.8 Å². The maximum atomic E-state index is 13.1. The number of imidazole rings is 1. The van der Waals surface area contributed by atoms with Crippen molar-refractivity contribution in [3.8, 4) is 22.5 Å². The van der Waals surface area contributed by atoms with Gasteiger partial charge in [-0.25, -0.2) is 9.78 Å². The van der Waals surface area contributed by atoms with E-state index in [1.54, 1.807) is 4.57 Å².